The fourth-order valence-electron chi connectivity index (χ4n) is 3.67. The molecule has 0 radical (unpaired) electrons. The van der Waals surface area contributed by atoms with Crippen LogP contribution in [0.15, 0.2) is 0 Å². The predicted octanol–water partition coefficient (Wildman–Crippen LogP) is 3.41. The van der Waals surface area contributed by atoms with Crippen molar-refractivity contribution in [3.63, 3.8) is 0 Å². The Morgan fingerprint density at radius 2 is 2.12 bits per heavy atom. The Labute approximate surface area is 102 Å². The van der Waals surface area contributed by atoms with Crippen LogP contribution in [0.4, 0.5) is 0 Å². The van der Waals surface area contributed by atoms with Crippen molar-refractivity contribution in [2.75, 3.05) is 5.75 Å². The largest absolute Gasteiger partial charge is 0.481 e. The third kappa shape index (κ3) is 1.68. The predicted molar refractivity (Wildman–Crippen MR) is 67.7 cm³/mol. The van der Waals surface area contributed by atoms with E-state index in [1.165, 1.54) is 19.3 Å². The van der Waals surface area contributed by atoms with E-state index in [0.29, 0.717) is 22.5 Å². The minimum absolute atomic E-state index is 0.308. The van der Waals surface area contributed by atoms with E-state index in [1.54, 1.807) is 0 Å². The van der Waals surface area contributed by atoms with E-state index in [-0.39, 0.29) is 0 Å². The van der Waals surface area contributed by atoms with Crippen LogP contribution in [0.1, 0.15) is 46.5 Å². The summed E-state index contributed by atoms with van der Waals surface area (Å²) < 4.78 is 0. The highest BCUT2D eigenvalue weighted by atomic mass is 32.2. The van der Waals surface area contributed by atoms with Crippen LogP contribution in [0.5, 0.6) is 0 Å². The number of aliphatic carboxylic acids is 1. The third-order valence-electron chi connectivity index (χ3n) is 5.35. The molecule has 2 aliphatic carbocycles. The quantitative estimate of drug-likeness (QED) is 0.821. The molecular weight excluding hydrogens is 220 g/mol. The van der Waals surface area contributed by atoms with Gasteiger partial charge in [0.05, 0.1) is 6.42 Å². The van der Waals surface area contributed by atoms with Crippen LogP contribution in [0.3, 0.4) is 0 Å². The van der Waals surface area contributed by atoms with E-state index in [9.17, 15) is 4.79 Å². The molecule has 3 heteroatoms. The number of carboxylic acids is 1. The maximum Gasteiger partial charge on any atom is 0.304 e. The SMILES string of the molecule is CC1(C)C2CCC1(C)C(SCCC(=O)O)C2. The molecule has 0 aliphatic heterocycles. The lowest BCUT2D eigenvalue weighted by Crippen LogP contribution is -2.34. The highest BCUT2D eigenvalue weighted by molar-refractivity contribution is 7.99. The van der Waals surface area contributed by atoms with E-state index in [2.05, 4.69) is 20.8 Å². The molecule has 2 aliphatic rings. The van der Waals surface area contributed by atoms with Gasteiger partial charge in [-0.1, -0.05) is 20.8 Å². The molecule has 1 N–H and O–H groups in total. The summed E-state index contributed by atoms with van der Waals surface area (Å²) in [6.45, 7) is 7.23. The van der Waals surface area contributed by atoms with Gasteiger partial charge in [-0.3, -0.25) is 4.79 Å². The molecule has 2 fully saturated rings. The van der Waals surface area contributed by atoms with Crippen molar-refractivity contribution in [2.45, 2.75) is 51.7 Å². The fraction of sp³-hybridized carbons (Fsp3) is 0.923. The maximum atomic E-state index is 10.5. The van der Waals surface area contributed by atoms with Gasteiger partial charge in [0.25, 0.3) is 0 Å². The number of carbonyl (C=O) groups is 1. The smallest absolute Gasteiger partial charge is 0.304 e. The number of hydrogen-bond donors (Lipinski definition) is 1. The Hall–Kier alpha value is -0.180. The van der Waals surface area contributed by atoms with Gasteiger partial charge >= 0.3 is 5.97 Å². The van der Waals surface area contributed by atoms with Crippen molar-refractivity contribution in [1.29, 1.82) is 0 Å². The van der Waals surface area contributed by atoms with E-state index < -0.39 is 5.97 Å². The first-order valence-electron chi connectivity index (χ1n) is 6.21. The second kappa shape index (κ2) is 3.94. The molecule has 0 aromatic rings. The van der Waals surface area contributed by atoms with Gasteiger partial charge in [-0.15, -0.1) is 0 Å². The molecule has 2 bridgehead atoms. The number of rotatable bonds is 4. The number of hydrogen-bond acceptors (Lipinski definition) is 2. The molecule has 16 heavy (non-hydrogen) atoms. The van der Waals surface area contributed by atoms with Gasteiger partial charge in [-0.05, 0) is 36.0 Å². The maximum absolute atomic E-state index is 10.5. The summed E-state index contributed by atoms with van der Waals surface area (Å²) in [4.78, 5) is 10.5. The number of thioether (sulfide) groups is 1. The van der Waals surface area contributed by atoms with Crippen LogP contribution in [-0.2, 0) is 4.79 Å². The zero-order chi connectivity index (χ0) is 12.0. The second-order valence-electron chi connectivity index (χ2n) is 6.11. The summed E-state index contributed by atoms with van der Waals surface area (Å²) in [6, 6.07) is 0. The van der Waals surface area contributed by atoms with Crippen LogP contribution < -0.4 is 0 Å². The molecule has 3 atom stereocenters. The lowest BCUT2D eigenvalue weighted by molar-refractivity contribution is -0.136. The summed E-state index contributed by atoms with van der Waals surface area (Å²) in [7, 11) is 0. The molecule has 0 aromatic heterocycles. The van der Waals surface area contributed by atoms with Crippen molar-refractivity contribution in [3.8, 4) is 0 Å². The molecule has 2 nitrogen and oxygen atoms in total. The van der Waals surface area contributed by atoms with E-state index in [1.807, 2.05) is 11.8 Å². The van der Waals surface area contributed by atoms with Gasteiger partial charge < -0.3 is 5.11 Å². The van der Waals surface area contributed by atoms with Gasteiger partial charge in [0, 0.05) is 11.0 Å². The van der Waals surface area contributed by atoms with Crippen LogP contribution in [-0.4, -0.2) is 22.1 Å². The molecule has 3 unspecified atom stereocenters. The van der Waals surface area contributed by atoms with Crippen molar-refractivity contribution in [2.24, 2.45) is 16.7 Å². The molecular formula is C13H22O2S. The van der Waals surface area contributed by atoms with Crippen molar-refractivity contribution in [3.05, 3.63) is 0 Å². The fourth-order valence-corrected chi connectivity index (χ4v) is 5.41. The third-order valence-corrected chi connectivity index (χ3v) is 6.90. The molecule has 0 aromatic carbocycles. The molecule has 0 amide bonds. The molecule has 0 spiro atoms. The van der Waals surface area contributed by atoms with Gasteiger partial charge in [0.1, 0.15) is 0 Å². The average molecular weight is 242 g/mol. The molecule has 0 heterocycles. The summed E-state index contributed by atoms with van der Waals surface area (Å²) in [6.07, 6.45) is 4.31. The molecule has 0 saturated heterocycles. The lowest BCUT2D eigenvalue weighted by atomic mass is 9.71. The Bertz CT molecular complexity index is 300. The summed E-state index contributed by atoms with van der Waals surface area (Å²) in [5.74, 6) is 0.971. The van der Waals surface area contributed by atoms with E-state index in [0.717, 1.165) is 11.7 Å². The van der Waals surface area contributed by atoms with Crippen molar-refractivity contribution in [1.82, 2.24) is 0 Å². The summed E-state index contributed by atoms with van der Waals surface area (Å²) in [5, 5.41) is 9.35. The standard InChI is InChI=1S/C13H22O2S/c1-12(2)9-4-6-13(12,3)10(8-9)16-7-5-11(14)15/h9-10H,4-8H2,1-3H3,(H,14,15). The first kappa shape index (κ1) is 12.3. The first-order chi connectivity index (χ1) is 7.38. The minimum Gasteiger partial charge on any atom is -0.481 e. The van der Waals surface area contributed by atoms with Crippen LogP contribution in [0.2, 0.25) is 0 Å². The first-order valence-corrected chi connectivity index (χ1v) is 7.26. The zero-order valence-corrected chi connectivity index (χ0v) is 11.3. The minimum atomic E-state index is -0.667. The second-order valence-corrected chi connectivity index (χ2v) is 7.42. The van der Waals surface area contributed by atoms with Gasteiger partial charge in [0.2, 0.25) is 0 Å². The topological polar surface area (TPSA) is 37.3 Å². The normalized spacial score (nSPS) is 40.2. The van der Waals surface area contributed by atoms with E-state index in [4.69, 9.17) is 5.11 Å². The van der Waals surface area contributed by atoms with Gasteiger partial charge in [0.15, 0.2) is 0 Å². The Morgan fingerprint density at radius 3 is 2.56 bits per heavy atom. The monoisotopic (exact) mass is 242 g/mol. The Balaban J connectivity index is 1.96. The van der Waals surface area contributed by atoms with Crippen LogP contribution >= 0.6 is 11.8 Å². The van der Waals surface area contributed by atoms with Crippen molar-refractivity contribution >= 4 is 17.7 Å². The Morgan fingerprint density at radius 1 is 1.44 bits per heavy atom. The molecule has 92 valence electrons. The Kier molecular flexibility index (Phi) is 3.02. The summed E-state index contributed by atoms with van der Waals surface area (Å²) >= 11 is 1.90. The average Bonchev–Trinajstić information content (AvgIpc) is 2.49. The van der Waals surface area contributed by atoms with Gasteiger partial charge in [-0.2, -0.15) is 11.8 Å². The number of fused-ring (bicyclic) bond motifs is 2. The lowest BCUT2D eigenvalue weighted by Gasteiger charge is -2.39. The highest BCUT2D eigenvalue weighted by Gasteiger charge is 2.61. The molecule has 2 saturated carbocycles. The molecule has 2 rings (SSSR count). The van der Waals surface area contributed by atoms with Crippen LogP contribution in [0.25, 0.3) is 0 Å². The summed E-state index contributed by atoms with van der Waals surface area (Å²) in [5.41, 5.74) is 0.884. The van der Waals surface area contributed by atoms with Crippen molar-refractivity contribution < 1.29 is 9.90 Å². The number of carboxylic acid groups (broad SMARTS) is 1. The zero-order valence-electron chi connectivity index (χ0n) is 10.5. The van der Waals surface area contributed by atoms with Crippen LogP contribution in [0, 0.1) is 16.7 Å². The highest BCUT2D eigenvalue weighted by Crippen LogP contribution is 2.68. The van der Waals surface area contributed by atoms with E-state index >= 15 is 0 Å². The van der Waals surface area contributed by atoms with Gasteiger partial charge in [-0.25, -0.2) is 0 Å².